The topological polar surface area (TPSA) is 268 Å². The molecule has 10 N–H and O–H groups in total. The average Bonchev–Trinajstić information content (AvgIpc) is 2.71. The van der Waals surface area contributed by atoms with Crippen LogP contribution in [0.5, 0.6) is 0 Å². The molecule has 4 atom stereocenters. The van der Waals surface area contributed by atoms with Crippen molar-refractivity contribution in [2.45, 2.75) is 56.3 Å². The van der Waals surface area contributed by atoms with Gasteiger partial charge in [-0.25, -0.2) is 4.79 Å². The number of carbonyl (C=O) groups excluding carboxylic acids is 4. The van der Waals surface area contributed by atoms with E-state index in [-0.39, 0.29) is 18.6 Å². The van der Waals surface area contributed by atoms with E-state index < -0.39 is 85.0 Å². The number of aliphatic carboxylic acids is 3. The average molecular weight is 493 g/mol. The highest BCUT2D eigenvalue weighted by atomic mass is 32.1. The molecule has 0 aliphatic carbocycles. The van der Waals surface area contributed by atoms with Gasteiger partial charge in [-0.15, -0.1) is 0 Å². The third kappa shape index (κ3) is 12.3. The zero-order chi connectivity index (χ0) is 25.7. The first-order valence-corrected chi connectivity index (χ1v) is 10.1. The zero-order valence-corrected chi connectivity index (χ0v) is 18.2. The van der Waals surface area contributed by atoms with Gasteiger partial charge in [-0.05, 0) is 12.8 Å². The van der Waals surface area contributed by atoms with Crippen LogP contribution in [0.3, 0.4) is 0 Å². The van der Waals surface area contributed by atoms with E-state index in [1.165, 1.54) is 0 Å². The molecular formula is C17H27N5O10S. The number of hydrogen-bond acceptors (Lipinski definition) is 9. The van der Waals surface area contributed by atoms with Crippen LogP contribution in [0.15, 0.2) is 0 Å². The van der Waals surface area contributed by atoms with Gasteiger partial charge in [0, 0.05) is 18.6 Å². The Kier molecular flexibility index (Phi) is 13.1. The lowest BCUT2D eigenvalue weighted by molar-refractivity contribution is -0.147. The Bertz CT molecular complexity index is 777. The van der Waals surface area contributed by atoms with E-state index in [0.717, 1.165) is 0 Å². The summed E-state index contributed by atoms with van der Waals surface area (Å²) in [6.07, 6.45) is -2.28. The molecular weight excluding hydrogens is 466 g/mol. The third-order valence-electron chi connectivity index (χ3n) is 4.13. The Morgan fingerprint density at radius 2 is 1.24 bits per heavy atom. The molecule has 0 heterocycles. The summed E-state index contributed by atoms with van der Waals surface area (Å²) in [6, 6.07) is -5.89. The number of nitrogens with two attached hydrogens (primary N) is 2. The van der Waals surface area contributed by atoms with Crippen molar-refractivity contribution in [3.05, 3.63) is 0 Å². The summed E-state index contributed by atoms with van der Waals surface area (Å²) in [6.45, 7) is 0. The number of hydrogen-bond donors (Lipinski definition) is 9. The number of carboxylic acids is 3. The number of carboxylic acid groups (broad SMARTS) is 3. The second-order valence-corrected chi connectivity index (χ2v) is 7.21. The molecule has 33 heavy (non-hydrogen) atoms. The van der Waals surface area contributed by atoms with Crippen LogP contribution in [0.4, 0.5) is 0 Å². The number of amides is 4. The predicted octanol–water partition coefficient (Wildman–Crippen LogP) is -3.61. The van der Waals surface area contributed by atoms with Gasteiger partial charge in [-0.1, -0.05) is 0 Å². The van der Waals surface area contributed by atoms with Gasteiger partial charge in [0.05, 0.1) is 12.5 Å². The van der Waals surface area contributed by atoms with Crippen molar-refractivity contribution in [3.8, 4) is 0 Å². The summed E-state index contributed by atoms with van der Waals surface area (Å²) in [4.78, 5) is 80.7. The van der Waals surface area contributed by atoms with Gasteiger partial charge < -0.3 is 42.7 Å². The first-order chi connectivity index (χ1) is 15.3. The summed E-state index contributed by atoms with van der Waals surface area (Å²) >= 11 is 3.93. The van der Waals surface area contributed by atoms with Crippen molar-refractivity contribution in [1.82, 2.24) is 16.0 Å². The Morgan fingerprint density at radius 3 is 1.70 bits per heavy atom. The fraction of sp³-hybridized carbons (Fsp3) is 0.588. The molecule has 0 aromatic rings. The molecule has 0 aromatic carbocycles. The largest absolute Gasteiger partial charge is 0.481 e. The molecule has 0 saturated heterocycles. The molecule has 16 heteroatoms. The van der Waals surface area contributed by atoms with E-state index >= 15 is 0 Å². The molecule has 0 aromatic heterocycles. The lowest BCUT2D eigenvalue weighted by Gasteiger charge is -2.24. The number of nitrogens with one attached hydrogen (secondary N) is 3. The minimum Gasteiger partial charge on any atom is -0.481 e. The molecule has 0 bridgehead atoms. The van der Waals surface area contributed by atoms with Crippen molar-refractivity contribution in [2.24, 2.45) is 11.5 Å². The minimum absolute atomic E-state index is 0.0914. The molecule has 0 fully saturated rings. The maximum Gasteiger partial charge on any atom is 0.326 e. The molecule has 4 unspecified atom stereocenters. The van der Waals surface area contributed by atoms with Gasteiger partial charge in [0.2, 0.25) is 23.6 Å². The summed E-state index contributed by atoms with van der Waals surface area (Å²) in [5.41, 5.74) is 10.6. The van der Waals surface area contributed by atoms with Gasteiger partial charge in [0.25, 0.3) is 0 Å². The Labute approximate surface area is 193 Å². The first kappa shape index (κ1) is 29.6. The number of carbonyl (C=O) groups is 7. The van der Waals surface area contributed by atoms with E-state index in [0.29, 0.717) is 0 Å². The van der Waals surface area contributed by atoms with Crippen LogP contribution in [0, 0.1) is 0 Å². The SMILES string of the molecule is NC(=O)CCC(N)C(=O)NC(CS)C(=O)NC(CCC(=O)O)C(=O)NC(CC(=O)O)C(=O)O. The smallest absolute Gasteiger partial charge is 0.326 e. The molecule has 0 aliphatic rings. The molecule has 4 amide bonds. The number of primary amides is 1. The summed E-state index contributed by atoms with van der Waals surface area (Å²) in [7, 11) is 0. The highest BCUT2D eigenvalue weighted by Crippen LogP contribution is 2.03. The second kappa shape index (κ2) is 14.6. The van der Waals surface area contributed by atoms with Crippen LogP contribution in [-0.2, 0) is 33.6 Å². The van der Waals surface area contributed by atoms with E-state index in [9.17, 15) is 33.6 Å². The predicted molar refractivity (Wildman–Crippen MR) is 113 cm³/mol. The Balaban J connectivity index is 5.32. The van der Waals surface area contributed by atoms with Crippen LogP contribution in [-0.4, -0.2) is 86.8 Å². The number of rotatable bonds is 16. The molecule has 0 radical (unpaired) electrons. The monoisotopic (exact) mass is 493 g/mol. The van der Waals surface area contributed by atoms with E-state index in [1.54, 1.807) is 0 Å². The van der Waals surface area contributed by atoms with Gasteiger partial charge in [-0.2, -0.15) is 12.6 Å². The van der Waals surface area contributed by atoms with E-state index in [1.807, 2.05) is 5.32 Å². The fourth-order valence-corrected chi connectivity index (χ4v) is 2.61. The van der Waals surface area contributed by atoms with Crippen LogP contribution in [0.2, 0.25) is 0 Å². The van der Waals surface area contributed by atoms with E-state index in [2.05, 4.69) is 23.3 Å². The van der Waals surface area contributed by atoms with Crippen LogP contribution in [0.25, 0.3) is 0 Å². The van der Waals surface area contributed by atoms with Gasteiger partial charge in [0.1, 0.15) is 18.1 Å². The van der Waals surface area contributed by atoms with Crippen molar-refractivity contribution in [1.29, 1.82) is 0 Å². The lowest BCUT2D eigenvalue weighted by atomic mass is 10.1. The minimum atomic E-state index is -1.83. The molecule has 15 nitrogen and oxygen atoms in total. The van der Waals surface area contributed by atoms with E-state index in [4.69, 9.17) is 26.8 Å². The molecule has 0 spiro atoms. The Morgan fingerprint density at radius 1 is 0.727 bits per heavy atom. The lowest BCUT2D eigenvalue weighted by Crippen LogP contribution is -2.57. The van der Waals surface area contributed by atoms with Gasteiger partial charge in [0.15, 0.2) is 0 Å². The molecule has 0 saturated carbocycles. The fourth-order valence-electron chi connectivity index (χ4n) is 2.36. The third-order valence-corrected chi connectivity index (χ3v) is 4.49. The van der Waals surface area contributed by atoms with Gasteiger partial charge >= 0.3 is 17.9 Å². The van der Waals surface area contributed by atoms with Crippen molar-refractivity contribution in [3.63, 3.8) is 0 Å². The maximum atomic E-state index is 12.5. The first-order valence-electron chi connectivity index (χ1n) is 9.50. The zero-order valence-electron chi connectivity index (χ0n) is 17.4. The van der Waals surface area contributed by atoms with Crippen LogP contribution >= 0.6 is 12.6 Å². The van der Waals surface area contributed by atoms with Crippen LogP contribution < -0.4 is 27.4 Å². The maximum absolute atomic E-state index is 12.5. The molecule has 0 aliphatic heterocycles. The second-order valence-electron chi connectivity index (χ2n) is 6.85. The van der Waals surface area contributed by atoms with Crippen molar-refractivity contribution < 1.29 is 48.9 Å². The Hall–Kier alpha value is -3.40. The number of thiol groups is 1. The highest BCUT2D eigenvalue weighted by molar-refractivity contribution is 7.80. The van der Waals surface area contributed by atoms with Crippen LogP contribution in [0.1, 0.15) is 32.1 Å². The summed E-state index contributed by atoms with van der Waals surface area (Å²) < 4.78 is 0. The van der Waals surface area contributed by atoms with Crippen molar-refractivity contribution >= 4 is 54.2 Å². The quantitative estimate of drug-likeness (QED) is 0.0947. The normalized spacial score (nSPS) is 14.1. The molecule has 186 valence electrons. The highest BCUT2D eigenvalue weighted by Gasteiger charge is 2.31. The molecule has 0 rings (SSSR count). The summed E-state index contributed by atoms with van der Waals surface area (Å²) in [5.74, 6) is -8.34. The van der Waals surface area contributed by atoms with Gasteiger partial charge in [-0.3, -0.25) is 28.8 Å². The standard InChI is InChI=1S/C17H27N5O10S/c18-7(1-3-11(19)23)14(28)22-10(6-33)16(30)20-8(2-4-12(24)25)15(29)21-9(17(31)32)5-13(26)27/h7-10,33H,1-6,18H2,(H2,19,23)(H,20,30)(H,21,29)(H,22,28)(H,24,25)(H,26,27)(H,31,32). The summed E-state index contributed by atoms with van der Waals surface area (Å²) in [5, 5.41) is 33.0. The van der Waals surface area contributed by atoms with Crippen molar-refractivity contribution in [2.75, 3.05) is 5.75 Å².